The molecule has 0 heterocycles. The fraction of sp³-hybridized carbons (Fsp3) is 0.562. The summed E-state index contributed by atoms with van der Waals surface area (Å²) in [4.78, 5) is 2.32. The Morgan fingerprint density at radius 3 is 2.53 bits per heavy atom. The summed E-state index contributed by atoms with van der Waals surface area (Å²) in [6.45, 7) is 7.32. The van der Waals surface area contributed by atoms with Crippen molar-refractivity contribution in [2.75, 3.05) is 18.5 Å². The third kappa shape index (κ3) is 3.97. The van der Waals surface area contributed by atoms with Crippen molar-refractivity contribution >= 4 is 5.69 Å². The van der Waals surface area contributed by atoms with Crippen LogP contribution in [-0.2, 0) is 0 Å². The predicted molar refractivity (Wildman–Crippen MR) is 81.2 cm³/mol. The minimum atomic E-state index is 0.361. The molecule has 0 fully saturated rings. The summed E-state index contributed by atoms with van der Waals surface area (Å²) in [7, 11) is 2.00. The van der Waals surface area contributed by atoms with Crippen LogP contribution in [0.3, 0.4) is 0 Å². The zero-order chi connectivity index (χ0) is 14.3. The molecule has 1 rings (SSSR count). The molecule has 0 aliphatic heterocycles. The van der Waals surface area contributed by atoms with Crippen LogP contribution in [0.1, 0.15) is 45.2 Å². The molecule has 1 unspecified atom stereocenters. The first-order valence-electron chi connectivity index (χ1n) is 7.05. The summed E-state index contributed by atoms with van der Waals surface area (Å²) in [5.41, 5.74) is 2.56. The van der Waals surface area contributed by atoms with Crippen molar-refractivity contribution in [3.63, 3.8) is 0 Å². The maximum absolute atomic E-state index is 8.83. The SMILES string of the molecule is CCC(NC)c1ccccc1N(CCC#N)C(C)C. The number of nitrogens with zero attached hydrogens (tertiary/aromatic N) is 2. The van der Waals surface area contributed by atoms with E-state index in [0.29, 0.717) is 18.5 Å². The highest BCUT2D eigenvalue weighted by atomic mass is 15.2. The van der Waals surface area contributed by atoms with Gasteiger partial charge >= 0.3 is 0 Å². The smallest absolute Gasteiger partial charge is 0.0640 e. The molecule has 0 aliphatic rings. The normalized spacial score (nSPS) is 12.2. The van der Waals surface area contributed by atoms with Gasteiger partial charge in [-0.2, -0.15) is 5.26 Å². The van der Waals surface area contributed by atoms with E-state index < -0.39 is 0 Å². The second-order valence-electron chi connectivity index (χ2n) is 5.00. The Morgan fingerprint density at radius 2 is 2.00 bits per heavy atom. The van der Waals surface area contributed by atoms with Gasteiger partial charge in [-0.3, -0.25) is 0 Å². The molecule has 3 nitrogen and oxygen atoms in total. The van der Waals surface area contributed by atoms with Crippen molar-refractivity contribution in [3.05, 3.63) is 29.8 Å². The third-order valence-corrected chi connectivity index (χ3v) is 3.47. The topological polar surface area (TPSA) is 39.1 Å². The first-order valence-corrected chi connectivity index (χ1v) is 7.05. The summed E-state index contributed by atoms with van der Waals surface area (Å²) in [6.07, 6.45) is 1.61. The maximum atomic E-state index is 8.83. The Kier molecular flexibility index (Phi) is 6.38. The van der Waals surface area contributed by atoms with Crippen LogP contribution in [0.15, 0.2) is 24.3 Å². The predicted octanol–water partition coefficient (Wildman–Crippen LogP) is 3.49. The van der Waals surface area contributed by atoms with E-state index in [1.54, 1.807) is 0 Å². The average molecular weight is 259 g/mol. The quantitative estimate of drug-likeness (QED) is 0.814. The van der Waals surface area contributed by atoms with Gasteiger partial charge in [0, 0.05) is 24.3 Å². The van der Waals surface area contributed by atoms with E-state index in [0.717, 1.165) is 13.0 Å². The largest absolute Gasteiger partial charge is 0.368 e. The highest BCUT2D eigenvalue weighted by Crippen LogP contribution is 2.29. The van der Waals surface area contributed by atoms with Crippen LogP contribution in [0.5, 0.6) is 0 Å². The van der Waals surface area contributed by atoms with Crippen LogP contribution in [0.25, 0.3) is 0 Å². The van der Waals surface area contributed by atoms with Crippen molar-refractivity contribution in [2.45, 2.75) is 45.7 Å². The van der Waals surface area contributed by atoms with E-state index >= 15 is 0 Å². The minimum absolute atomic E-state index is 0.361. The monoisotopic (exact) mass is 259 g/mol. The summed E-state index contributed by atoms with van der Waals surface area (Å²) >= 11 is 0. The standard InChI is InChI=1S/C16H25N3/c1-5-15(18-4)14-9-6-7-10-16(14)19(13(2)3)12-8-11-17/h6-7,9-10,13,15,18H,5,8,12H2,1-4H3. The molecule has 104 valence electrons. The first-order chi connectivity index (χ1) is 9.15. The van der Waals surface area contributed by atoms with Crippen molar-refractivity contribution in [1.82, 2.24) is 5.32 Å². The zero-order valence-electron chi connectivity index (χ0n) is 12.5. The molecule has 0 bridgehead atoms. The van der Waals surface area contributed by atoms with E-state index in [9.17, 15) is 0 Å². The van der Waals surface area contributed by atoms with E-state index in [1.807, 2.05) is 7.05 Å². The molecule has 0 aromatic heterocycles. The van der Waals surface area contributed by atoms with Gasteiger partial charge in [-0.15, -0.1) is 0 Å². The number of nitriles is 1. The molecule has 0 radical (unpaired) electrons. The second kappa shape index (κ2) is 7.81. The van der Waals surface area contributed by atoms with E-state index in [4.69, 9.17) is 5.26 Å². The Hall–Kier alpha value is -1.53. The number of benzene rings is 1. The number of rotatable bonds is 7. The molecular formula is C16H25N3. The van der Waals surface area contributed by atoms with Crippen molar-refractivity contribution in [1.29, 1.82) is 5.26 Å². The highest BCUT2D eigenvalue weighted by Gasteiger charge is 2.17. The van der Waals surface area contributed by atoms with E-state index in [2.05, 4.69) is 61.3 Å². The van der Waals surface area contributed by atoms with E-state index in [1.165, 1.54) is 11.3 Å². The Balaban J connectivity index is 3.12. The molecule has 0 aliphatic carbocycles. The fourth-order valence-electron chi connectivity index (χ4n) is 2.45. The molecule has 1 atom stereocenters. The number of hydrogen-bond acceptors (Lipinski definition) is 3. The van der Waals surface area contributed by atoms with Gasteiger partial charge in [0.2, 0.25) is 0 Å². The Morgan fingerprint density at radius 1 is 1.32 bits per heavy atom. The number of nitrogens with one attached hydrogen (secondary N) is 1. The molecule has 0 amide bonds. The maximum Gasteiger partial charge on any atom is 0.0640 e. The number of para-hydroxylation sites is 1. The average Bonchev–Trinajstić information content (AvgIpc) is 2.41. The third-order valence-electron chi connectivity index (χ3n) is 3.47. The van der Waals surface area contributed by atoms with Gasteiger partial charge in [0.15, 0.2) is 0 Å². The van der Waals surface area contributed by atoms with Gasteiger partial charge in [-0.1, -0.05) is 25.1 Å². The molecule has 1 aromatic carbocycles. The van der Waals surface area contributed by atoms with E-state index in [-0.39, 0.29) is 0 Å². The zero-order valence-corrected chi connectivity index (χ0v) is 12.5. The van der Waals surface area contributed by atoms with Crippen molar-refractivity contribution in [2.24, 2.45) is 0 Å². The molecular weight excluding hydrogens is 234 g/mol. The second-order valence-corrected chi connectivity index (χ2v) is 5.00. The minimum Gasteiger partial charge on any atom is -0.368 e. The van der Waals surface area contributed by atoms with Crippen molar-refractivity contribution < 1.29 is 0 Å². The van der Waals surface area contributed by atoms with Crippen LogP contribution in [0, 0.1) is 11.3 Å². The van der Waals surface area contributed by atoms with Gasteiger partial charge in [0.1, 0.15) is 0 Å². The Bertz CT molecular complexity index is 416. The molecule has 1 aromatic rings. The lowest BCUT2D eigenvalue weighted by molar-refractivity contribution is 0.570. The Labute approximate surface area is 117 Å². The fourth-order valence-corrected chi connectivity index (χ4v) is 2.45. The lowest BCUT2D eigenvalue weighted by Gasteiger charge is -2.32. The summed E-state index contributed by atoms with van der Waals surface area (Å²) in [5, 5.41) is 12.2. The number of anilines is 1. The van der Waals surface area contributed by atoms with Crippen LogP contribution in [0.4, 0.5) is 5.69 Å². The van der Waals surface area contributed by atoms with Crippen LogP contribution >= 0.6 is 0 Å². The molecule has 0 saturated carbocycles. The number of hydrogen-bond donors (Lipinski definition) is 1. The highest BCUT2D eigenvalue weighted by molar-refractivity contribution is 5.55. The molecule has 3 heteroatoms. The van der Waals surface area contributed by atoms with Gasteiger partial charge in [-0.05, 0) is 38.9 Å². The molecule has 0 saturated heterocycles. The van der Waals surface area contributed by atoms with Gasteiger partial charge in [0.25, 0.3) is 0 Å². The lowest BCUT2D eigenvalue weighted by Crippen LogP contribution is -2.33. The lowest BCUT2D eigenvalue weighted by atomic mass is 10.0. The van der Waals surface area contributed by atoms with Crippen LogP contribution in [-0.4, -0.2) is 19.6 Å². The summed E-state index contributed by atoms with van der Waals surface area (Å²) < 4.78 is 0. The van der Waals surface area contributed by atoms with Gasteiger partial charge in [-0.25, -0.2) is 0 Å². The molecule has 1 N–H and O–H groups in total. The first kappa shape index (κ1) is 15.5. The van der Waals surface area contributed by atoms with Gasteiger partial charge in [0.05, 0.1) is 12.5 Å². The van der Waals surface area contributed by atoms with Crippen LogP contribution in [0.2, 0.25) is 0 Å². The van der Waals surface area contributed by atoms with Crippen LogP contribution < -0.4 is 10.2 Å². The summed E-state index contributed by atoms with van der Waals surface area (Å²) in [5.74, 6) is 0. The molecule has 19 heavy (non-hydrogen) atoms. The molecule has 0 spiro atoms. The van der Waals surface area contributed by atoms with Crippen molar-refractivity contribution in [3.8, 4) is 6.07 Å². The van der Waals surface area contributed by atoms with Gasteiger partial charge < -0.3 is 10.2 Å². The summed E-state index contributed by atoms with van der Waals surface area (Å²) in [6, 6.07) is 11.5.